The largest absolute Gasteiger partial charge is 0.326 e. The van der Waals surface area contributed by atoms with Gasteiger partial charge in [-0.15, -0.1) is 10.8 Å². The first kappa shape index (κ1) is 30.2. The van der Waals surface area contributed by atoms with E-state index in [0.29, 0.717) is 16.4 Å². The number of amides is 2. The Balaban J connectivity index is 1.16. The van der Waals surface area contributed by atoms with Crippen LogP contribution in [0.1, 0.15) is 18.4 Å². The number of carbonyl (C=O) groups is 1. The van der Waals surface area contributed by atoms with Crippen molar-refractivity contribution in [3.05, 3.63) is 108 Å². The standard InChI is InChI=1S/C31H34ClN5O3S2/c1-42(39,40)35-26-12-14-29(15-13-26)41-30-16-7-23(21-33-30)22-36-19-17-28(18-20-36)37(27-5-3-2-4-6-27)31(38)34-25-10-8-24(32)9-11-25/h2-16,21,28,35,39-40H,17-20,22H2,1H3,(H,34,38). The number of rotatable bonds is 9. The van der Waals surface area contributed by atoms with Crippen LogP contribution in [0.2, 0.25) is 5.02 Å². The molecule has 0 atom stereocenters. The van der Waals surface area contributed by atoms with Crippen LogP contribution in [0, 0.1) is 0 Å². The Kier molecular flexibility index (Phi) is 9.94. The van der Waals surface area contributed by atoms with Crippen molar-refractivity contribution >= 4 is 57.2 Å². The molecule has 4 aromatic rings. The van der Waals surface area contributed by atoms with E-state index in [2.05, 4.69) is 26.0 Å². The highest BCUT2D eigenvalue weighted by Gasteiger charge is 2.29. The maximum Gasteiger partial charge on any atom is 0.326 e. The quantitative estimate of drug-likeness (QED) is 0.149. The molecule has 0 saturated carbocycles. The lowest BCUT2D eigenvalue weighted by Crippen LogP contribution is -2.49. The summed E-state index contributed by atoms with van der Waals surface area (Å²) in [6.07, 6.45) is 5.00. The Bertz CT molecular complexity index is 1450. The lowest BCUT2D eigenvalue weighted by atomic mass is 10.0. The zero-order valence-electron chi connectivity index (χ0n) is 23.2. The van der Waals surface area contributed by atoms with Crippen LogP contribution in [0.5, 0.6) is 0 Å². The van der Waals surface area contributed by atoms with E-state index in [9.17, 15) is 13.9 Å². The molecule has 8 nitrogen and oxygen atoms in total. The summed E-state index contributed by atoms with van der Waals surface area (Å²) < 4.78 is 21.8. The first-order chi connectivity index (χ1) is 20.2. The summed E-state index contributed by atoms with van der Waals surface area (Å²) in [5.41, 5.74) is 3.39. The van der Waals surface area contributed by atoms with Crippen LogP contribution in [-0.4, -0.2) is 50.4 Å². The Labute approximate surface area is 257 Å². The Morgan fingerprint density at radius 2 is 1.64 bits per heavy atom. The van der Waals surface area contributed by atoms with Crippen molar-refractivity contribution in [3.63, 3.8) is 0 Å². The third-order valence-corrected chi connectivity index (χ3v) is 8.70. The van der Waals surface area contributed by atoms with E-state index in [4.69, 9.17) is 11.6 Å². The maximum absolute atomic E-state index is 13.4. The second-order valence-corrected chi connectivity index (χ2v) is 13.6. The monoisotopic (exact) mass is 623 g/mol. The molecule has 1 fully saturated rings. The molecule has 1 aliphatic heterocycles. The van der Waals surface area contributed by atoms with E-state index in [-0.39, 0.29) is 12.1 Å². The molecule has 5 rings (SSSR count). The molecule has 4 N–H and O–H groups in total. The van der Waals surface area contributed by atoms with Gasteiger partial charge in [0.2, 0.25) is 0 Å². The van der Waals surface area contributed by atoms with Crippen LogP contribution in [0.3, 0.4) is 0 Å². The van der Waals surface area contributed by atoms with E-state index in [1.54, 1.807) is 23.9 Å². The predicted octanol–water partition coefficient (Wildman–Crippen LogP) is 8.30. The number of carbonyl (C=O) groups excluding carboxylic acids is 1. The van der Waals surface area contributed by atoms with Crippen molar-refractivity contribution in [1.82, 2.24) is 9.88 Å². The number of aromatic nitrogens is 1. The van der Waals surface area contributed by atoms with Gasteiger partial charge in [0.05, 0.1) is 5.69 Å². The molecular weight excluding hydrogens is 590 g/mol. The fourth-order valence-electron chi connectivity index (χ4n) is 4.89. The number of anilines is 3. The van der Waals surface area contributed by atoms with Gasteiger partial charge in [-0.05, 0) is 85.1 Å². The van der Waals surface area contributed by atoms with Gasteiger partial charge in [-0.1, -0.05) is 47.6 Å². The van der Waals surface area contributed by atoms with Crippen molar-refractivity contribution in [1.29, 1.82) is 0 Å². The van der Waals surface area contributed by atoms with Gasteiger partial charge in [0.1, 0.15) is 5.03 Å². The smallest absolute Gasteiger partial charge is 0.308 e. The number of hydrogen-bond acceptors (Lipinski definition) is 7. The molecule has 0 aliphatic carbocycles. The molecule has 1 saturated heterocycles. The molecular formula is C31H34ClN5O3S2. The third kappa shape index (κ3) is 8.64. The molecule has 2 amide bonds. The number of pyridine rings is 1. The molecule has 0 unspecified atom stereocenters. The number of nitrogens with one attached hydrogen (secondary N) is 2. The number of likely N-dealkylation sites (tertiary alicyclic amines) is 1. The summed E-state index contributed by atoms with van der Waals surface area (Å²) in [6, 6.07) is 28.5. The molecule has 11 heteroatoms. The van der Waals surface area contributed by atoms with Crippen molar-refractivity contribution in [3.8, 4) is 0 Å². The molecule has 0 radical (unpaired) electrons. The van der Waals surface area contributed by atoms with E-state index in [1.165, 1.54) is 6.26 Å². The number of nitrogens with zero attached hydrogens (tertiary/aromatic N) is 3. The molecule has 1 aliphatic rings. The number of benzene rings is 3. The van der Waals surface area contributed by atoms with Crippen LogP contribution in [-0.2, 0) is 6.54 Å². The average Bonchev–Trinajstić information content (AvgIpc) is 2.97. The first-order valence-electron chi connectivity index (χ1n) is 13.6. The summed E-state index contributed by atoms with van der Waals surface area (Å²) in [5.74, 6) is 0. The number of piperidine rings is 1. The summed E-state index contributed by atoms with van der Waals surface area (Å²) >= 11 is 7.57. The van der Waals surface area contributed by atoms with E-state index < -0.39 is 10.8 Å². The molecule has 3 aromatic carbocycles. The fourth-order valence-corrected chi connectivity index (χ4v) is 6.36. The van der Waals surface area contributed by atoms with Crippen molar-refractivity contribution in [2.45, 2.75) is 35.3 Å². The van der Waals surface area contributed by atoms with E-state index in [0.717, 1.165) is 53.6 Å². The van der Waals surface area contributed by atoms with Crippen molar-refractivity contribution < 1.29 is 13.9 Å². The first-order valence-corrected chi connectivity index (χ1v) is 16.7. The third-order valence-electron chi connectivity index (χ3n) is 6.86. The van der Waals surface area contributed by atoms with Crippen LogP contribution in [0.15, 0.2) is 107 Å². The van der Waals surface area contributed by atoms with Gasteiger partial charge in [0.15, 0.2) is 0 Å². The van der Waals surface area contributed by atoms with Crippen LogP contribution in [0.4, 0.5) is 21.9 Å². The van der Waals surface area contributed by atoms with Gasteiger partial charge in [-0.25, -0.2) is 9.78 Å². The number of halogens is 1. The normalized spacial score (nSPS) is 14.8. The molecule has 2 heterocycles. The zero-order valence-corrected chi connectivity index (χ0v) is 25.6. The summed E-state index contributed by atoms with van der Waals surface area (Å²) in [6.45, 7) is 2.56. The maximum atomic E-state index is 13.4. The second kappa shape index (κ2) is 13.8. The number of para-hydroxylation sites is 1. The number of hydrogen-bond donors (Lipinski definition) is 4. The van der Waals surface area contributed by atoms with E-state index >= 15 is 0 Å². The molecule has 42 heavy (non-hydrogen) atoms. The van der Waals surface area contributed by atoms with Gasteiger partial charge in [0.25, 0.3) is 0 Å². The Hall–Kier alpha value is -3.25. The summed E-state index contributed by atoms with van der Waals surface area (Å²) in [7, 11) is -2.80. The van der Waals surface area contributed by atoms with Gasteiger partial charge in [-0.2, -0.15) is 0 Å². The minimum Gasteiger partial charge on any atom is -0.308 e. The topological polar surface area (TPSA) is 101 Å². The predicted molar refractivity (Wildman–Crippen MR) is 175 cm³/mol. The second-order valence-electron chi connectivity index (χ2n) is 10.2. The van der Waals surface area contributed by atoms with Crippen LogP contribution >= 0.6 is 34.1 Å². The Morgan fingerprint density at radius 1 is 0.976 bits per heavy atom. The zero-order chi connectivity index (χ0) is 29.5. The van der Waals surface area contributed by atoms with Gasteiger partial charge >= 0.3 is 6.03 Å². The number of urea groups is 1. The van der Waals surface area contributed by atoms with Crippen molar-refractivity contribution in [2.24, 2.45) is 0 Å². The molecule has 220 valence electrons. The summed E-state index contributed by atoms with van der Waals surface area (Å²) in [4.78, 5) is 23.4. The minimum atomic E-state index is -2.80. The van der Waals surface area contributed by atoms with Gasteiger partial charge in [-0.3, -0.25) is 23.6 Å². The molecule has 1 aromatic heterocycles. The molecule has 0 spiro atoms. The fraction of sp³-hybridized carbons (Fsp3) is 0.226. The molecule has 0 bridgehead atoms. The average molecular weight is 624 g/mol. The van der Waals surface area contributed by atoms with Gasteiger partial charge in [0, 0.05) is 59.4 Å². The van der Waals surface area contributed by atoms with E-state index in [1.807, 2.05) is 83.9 Å². The van der Waals surface area contributed by atoms with Gasteiger partial charge < -0.3 is 5.32 Å². The minimum absolute atomic E-state index is 0.0827. The van der Waals surface area contributed by atoms with Crippen LogP contribution in [0.25, 0.3) is 0 Å². The van der Waals surface area contributed by atoms with Crippen LogP contribution < -0.4 is 14.9 Å². The lowest BCUT2D eigenvalue weighted by molar-refractivity contribution is 0.199. The highest BCUT2D eigenvalue weighted by molar-refractivity contribution is 8.24. The highest BCUT2D eigenvalue weighted by atomic mass is 35.5. The summed E-state index contributed by atoms with van der Waals surface area (Å²) in [5, 5.41) is 4.55. The lowest BCUT2D eigenvalue weighted by Gasteiger charge is -2.38. The Morgan fingerprint density at radius 3 is 2.26 bits per heavy atom. The SMILES string of the molecule is CS(O)(O)Nc1ccc(Sc2ccc(CN3CCC(N(C(=O)Nc4ccc(Cl)cc4)c4ccccc4)CC3)cn2)cc1. The highest BCUT2D eigenvalue weighted by Crippen LogP contribution is 2.35. The van der Waals surface area contributed by atoms with Crippen molar-refractivity contribution in [2.75, 3.05) is 34.3 Å².